The van der Waals surface area contributed by atoms with Gasteiger partial charge in [-0.2, -0.15) is 5.26 Å². The third-order valence-electron chi connectivity index (χ3n) is 4.61. The Balaban J connectivity index is 2.03. The molecular weight excluding hydrogens is 390 g/mol. The maximum Gasteiger partial charge on any atom is 0.253 e. The van der Waals surface area contributed by atoms with Gasteiger partial charge in [0.2, 0.25) is 10.0 Å². The second-order valence-corrected chi connectivity index (χ2v) is 8.50. The summed E-state index contributed by atoms with van der Waals surface area (Å²) in [6.07, 6.45) is 0.246. The standard InChI is InChI=1S/C21H23N3O4S/c1-15(12-13-22)24(3)21(26)19-6-4-17(5-7-19)14-23-29(27,28)20-10-8-18(9-11-20)16(2)25/h4-11,15,23H,12,14H2,1-3H3. The van der Waals surface area contributed by atoms with E-state index in [9.17, 15) is 18.0 Å². The zero-order valence-corrected chi connectivity index (χ0v) is 17.4. The van der Waals surface area contributed by atoms with Crippen LogP contribution in [0.15, 0.2) is 53.4 Å². The summed E-state index contributed by atoms with van der Waals surface area (Å²) in [6.45, 7) is 3.28. The van der Waals surface area contributed by atoms with Gasteiger partial charge in [0.15, 0.2) is 5.78 Å². The quantitative estimate of drug-likeness (QED) is 0.670. The minimum Gasteiger partial charge on any atom is -0.338 e. The number of carbonyl (C=O) groups excluding carboxylic acids is 2. The van der Waals surface area contributed by atoms with Crippen LogP contribution in [0.3, 0.4) is 0 Å². The largest absolute Gasteiger partial charge is 0.338 e. The number of nitrogens with one attached hydrogen (secondary N) is 1. The number of sulfonamides is 1. The number of hydrogen-bond donors (Lipinski definition) is 1. The molecule has 1 N–H and O–H groups in total. The lowest BCUT2D eigenvalue weighted by atomic mass is 10.1. The van der Waals surface area contributed by atoms with Gasteiger partial charge in [-0.1, -0.05) is 24.3 Å². The number of nitriles is 1. The lowest BCUT2D eigenvalue weighted by molar-refractivity contribution is 0.0746. The van der Waals surface area contributed by atoms with E-state index in [0.717, 1.165) is 0 Å². The van der Waals surface area contributed by atoms with E-state index in [1.807, 2.05) is 6.07 Å². The van der Waals surface area contributed by atoms with Gasteiger partial charge in [0.05, 0.1) is 17.4 Å². The highest BCUT2D eigenvalue weighted by molar-refractivity contribution is 7.89. The van der Waals surface area contributed by atoms with E-state index in [1.165, 1.54) is 36.1 Å². The zero-order chi connectivity index (χ0) is 21.6. The Kier molecular flexibility index (Phi) is 7.26. The number of carbonyl (C=O) groups is 2. The molecule has 0 heterocycles. The van der Waals surface area contributed by atoms with E-state index in [0.29, 0.717) is 16.7 Å². The molecule has 29 heavy (non-hydrogen) atoms. The smallest absolute Gasteiger partial charge is 0.253 e. The molecule has 1 amide bonds. The van der Waals surface area contributed by atoms with Gasteiger partial charge in [-0.05, 0) is 43.7 Å². The zero-order valence-electron chi connectivity index (χ0n) is 16.5. The highest BCUT2D eigenvalue weighted by Gasteiger charge is 2.18. The van der Waals surface area contributed by atoms with Gasteiger partial charge in [0.25, 0.3) is 5.91 Å². The molecule has 0 spiro atoms. The molecule has 2 aromatic rings. The highest BCUT2D eigenvalue weighted by atomic mass is 32.2. The molecule has 8 heteroatoms. The van der Waals surface area contributed by atoms with Crippen molar-refractivity contribution in [3.8, 4) is 6.07 Å². The fraction of sp³-hybridized carbons (Fsp3) is 0.286. The Labute approximate surface area is 171 Å². The number of rotatable bonds is 8. The minimum absolute atomic E-state index is 0.0614. The van der Waals surface area contributed by atoms with Crippen LogP contribution in [0.25, 0.3) is 0 Å². The van der Waals surface area contributed by atoms with Crippen molar-refractivity contribution in [2.45, 2.75) is 37.8 Å². The molecule has 2 rings (SSSR count). The molecular formula is C21H23N3O4S. The molecule has 1 unspecified atom stereocenters. The van der Waals surface area contributed by atoms with Crippen LogP contribution in [0.5, 0.6) is 0 Å². The predicted octanol–water partition coefficient (Wildman–Crippen LogP) is 2.74. The maximum absolute atomic E-state index is 12.4. The Bertz CT molecular complexity index is 1020. The third-order valence-corrected chi connectivity index (χ3v) is 6.02. The fourth-order valence-corrected chi connectivity index (χ4v) is 3.59. The lowest BCUT2D eigenvalue weighted by Gasteiger charge is -2.23. The molecule has 152 valence electrons. The van der Waals surface area contributed by atoms with Crippen molar-refractivity contribution in [2.75, 3.05) is 7.05 Å². The van der Waals surface area contributed by atoms with E-state index in [-0.39, 0.29) is 35.6 Å². The van der Waals surface area contributed by atoms with Crippen LogP contribution in [-0.2, 0) is 16.6 Å². The van der Waals surface area contributed by atoms with Crippen LogP contribution in [0.2, 0.25) is 0 Å². The van der Waals surface area contributed by atoms with Gasteiger partial charge < -0.3 is 4.90 Å². The Morgan fingerprint density at radius 1 is 1.07 bits per heavy atom. The summed E-state index contributed by atoms with van der Waals surface area (Å²) in [7, 11) is -2.08. The molecule has 7 nitrogen and oxygen atoms in total. The summed E-state index contributed by atoms with van der Waals surface area (Å²) in [5, 5.41) is 8.76. The topological polar surface area (TPSA) is 107 Å². The van der Waals surface area contributed by atoms with Crippen LogP contribution in [0.4, 0.5) is 0 Å². The molecule has 2 aromatic carbocycles. The Morgan fingerprint density at radius 3 is 2.14 bits per heavy atom. The van der Waals surface area contributed by atoms with Gasteiger partial charge in [-0.3, -0.25) is 9.59 Å². The summed E-state index contributed by atoms with van der Waals surface area (Å²) in [5.41, 5.74) is 1.60. The van der Waals surface area contributed by atoms with Crippen molar-refractivity contribution in [2.24, 2.45) is 0 Å². The number of nitrogens with zero attached hydrogens (tertiary/aromatic N) is 2. The van der Waals surface area contributed by atoms with Gasteiger partial charge in [-0.15, -0.1) is 0 Å². The van der Waals surface area contributed by atoms with E-state index < -0.39 is 10.0 Å². The Morgan fingerprint density at radius 2 is 1.62 bits per heavy atom. The first kappa shape index (κ1) is 22.3. The lowest BCUT2D eigenvalue weighted by Crippen LogP contribution is -2.34. The molecule has 0 saturated heterocycles. The summed E-state index contributed by atoms with van der Waals surface area (Å²) in [6, 6.07) is 14.2. The predicted molar refractivity (Wildman–Crippen MR) is 109 cm³/mol. The van der Waals surface area contributed by atoms with Gasteiger partial charge in [0, 0.05) is 30.8 Å². The first-order valence-corrected chi connectivity index (χ1v) is 10.5. The molecule has 1 atom stereocenters. The molecule has 0 saturated carbocycles. The van der Waals surface area contributed by atoms with Crippen LogP contribution < -0.4 is 4.72 Å². The SMILES string of the molecule is CC(=O)c1ccc(S(=O)(=O)NCc2ccc(C(=O)N(C)C(C)CC#N)cc2)cc1. The first-order chi connectivity index (χ1) is 13.7. The van der Waals surface area contributed by atoms with E-state index in [1.54, 1.807) is 38.2 Å². The second-order valence-electron chi connectivity index (χ2n) is 6.73. The minimum atomic E-state index is -3.73. The molecule has 0 aliphatic rings. The van der Waals surface area contributed by atoms with Gasteiger partial charge >= 0.3 is 0 Å². The van der Waals surface area contributed by atoms with Crippen molar-refractivity contribution < 1.29 is 18.0 Å². The fourth-order valence-electron chi connectivity index (χ4n) is 2.57. The van der Waals surface area contributed by atoms with E-state index in [4.69, 9.17) is 5.26 Å². The molecule has 0 aromatic heterocycles. The number of benzene rings is 2. The number of amides is 1. The summed E-state index contributed by atoms with van der Waals surface area (Å²) >= 11 is 0. The van der Waals surface area contributed by atoms with Crippen LogP contribution >= 0.6 is 0 Å². The van der Waals surface area contributed by atoms with E-state index >= 15 is 0 Å². The highest BCUT2D eigenvalue weighted by Crippen LogP contribution is 2.13. The molecule has 0 bridgehead atoms. The number of hydrogen-bond acceptors (Lipinski definition) is 5. The maximum atomic E-state index is 12.4. The monoisotopic (exact) mass is 413 g/mol. The Hall–Kier alpha value is -3.02. The normalized spacial score (nSPS) is 12.1. The molecule has 0 radical (unpaired) electrons. The van der Waals surface area contributed by atoms with Crippen molar-refractivity contribution in [3.05, 3.63) is 65.2 Å². The molecule has 0 aliphatic heterocycles. The first-order valence-electron chi connectivity index (χ1n) is 8.99. The van der Waals surface area contributed by atoms with Gasteiger partial charge in [0.1, 0.15) is 0 Å². The average molecular weight is 413 g/mol. The van der Waals surface area contributed by atoms with Gasteiger partial charge in [-0.25, -0.2) is 13.1 Å². The summed E-state index contributed by atoms with van der Waals surface area (Å²) < 4.78 is 27.3. The van der Waals surface area contributed by atoms with E-state index in [2.05, 4.69) is 4.72 Å². The number of ketones is 1. The number of Topliss-reactive ketones (excluding diaryl/α,β-unsaturated/α-hetero) is 1. The second kappa shape index (κ2) is 9.45. The van der Waals surface area contributed by atoms with Crippen molar-refractivity contribution in [1.29, 1.82) is 5.26 Å². The van der Waals surface area contributed by atoms with Crippen molar-refractivity contribution >= 4 is 21.7 Å². The molecule has 0 fully saturated rings. The van der Waals surface area contributed by atoms with Crippen molar-refractivity contribution in [3.63, 3.8) is 0 Å². The average Bonchev–Trinajstić information content (AvgIpc) is 2.72. The molecule has 0 aliphatic carbocycles. The van der Waals surface area contributed by atoms with Crippen LogP contribution in [0, 0.1) is 11.3 Å². The van der Waals surface area contributed by atoms with Crippen molar-refractivity contribution in [1.82, 2.24) is 9.62 Å². The van der Waals surface area contributed by atoms with Crippen LogP contribution in [-0.4, -0.2) is 38.1 Å². The summed E-state index contributed by atoms with van der Waals surface area (Å²) in [4.78, 5) is 25.3. The third kappa shape index (κ3) is 5.73. The summed E-state index contributed by atoms with van der Waals surface area (Å²) in [5.74, 6) is -0.338. The van der Waals surface area contributed by atoms with Crippen LogP contribution in [0.1, 0.15) is 46.5 Å².